The van der Waals surface area contributed by atoms with Gasteiger partial charge in [-0.05, 0) is 30.9 Å². The molecule has 0 spiro atoms. The first kappa shape index (κ1) is 14.8. The summed E-state index contributed by atoms with van der Waals surface area (Å²) < 4.78 is 0. The van der Waals surface area contributed by atoms with Crippen LogP contribution in [0.25, 0.3) is 0 Å². The largest absolute Gasteiger partial charge is 0.389 e. The summed E-state index contributed by atoms with van der Waals surface area (Å²) in [5.41, 5.74) is -0.490. The van der Waals surface area contributed by atoms with Gasteiger partial charge in [-0.25, -0.2) is 0 Å². The van der Waals surface area contributed by atoms with Crippen LogP contribution in [0.1, 0.15) is 32.1 Å². The number of aromatic nitrogens is 3. The van der Waals surface area contributed by atoms with E-state index in [0.29, 0.717) is 17.8 Å². The molecule has 1 aliphatic carbocycles. The molecule has 1 saturated heterocycles. The van der Waals surface area contributed by atoms with Crippen molar-refractivity contribution >= 4 is 23.5 Å². The van der Waals surface area contributed by atoms with Gasteiger partial charge in [-0.1, -0.05) is 12.8 Å². The zero-order valence-electron chi connectivity index (χ0n) is 12.6. The Morgan fingerprint density at radius 3 is 2.81 bits per heavy atom. The van der Waals surface area contributed by atoms with E-state index in [0.717, 1.165) is 38.8 Å². The lowest BCUT2D eigenvalue weighted by Gasteiger charge is -2.47. The molecule has 0 bridgehead atoms. The molecule has 1 aliphatic heterocycles. The second kappa shape index (κ2) is 5.57. The summed E-state index contributed by atoms with van der Waals surface area (Å²) in [5.74, 6) is 1.49. The Kier molecular flexibility index (Phi) is 3.92. The molecule has 1 saturated carbocycles. The quantitative estimate of drug-likeness (QED) is 0.897. The molecule has 1 aromatic rings. The molecule has 116 valence electrons. The lowest BCUT2D eigenvalue weighted by atomic mass is 9.71. The molecule has 2 fully saturated rings. The van der Waals surface area contributed by atoms with Crippen molar-refractivity contribution in [3.63, 3.8) is 0 Å². The molecule has 1 aromatic heterocycles. The summed E-state index contributed by atoms with van der Waals surface area (Å²) in [7, 11) is 3.76. The number of rotatable bonds is 2. The fraction of sp³-hybridized carbons (Fsp3) is 0.786. The Morgan fingerprint density at radius 2 is 2.05 bits per heavy atom. The van der Waals surface area contributed by atoms with E-state index in [1.807, 2.05) is 19.0 Å². The molecule has 7 heteroatoms. The van der Waals surface area contributed by atoms with Crippen molar-refractivity contribution < 1.29 is 5.11 Å². The van der Waals surface area contributed by atoms with Crippen molar-refractivity contribution in [3.05, 3.63) is 5.28 Å². The summed E-state index contributed by atoms with van der Waals surface area (Å²) in [6.07, 6.45) is 5.11. The number of hydrogen-bond acceptors (Lipinski definition) is 6. The molecule has 2 atom stereocenters. The lowest BCUT2D eigenvalue weighted by molar-refractivity contribution is -0.0614. The SMILES string of the molecule is CN(C)c1nc(Cl)nc(N2CCC3(O)CCCCC3C2)n1. The van der Waals surface area contributed by atoms with Crippen molar-refractivity contribution in [3.8, 4) is 0 Å². The number of aliphatic hydroxyl groups is 1. The van der Waals surface area contributed by atoms with E-state index in [-0.39, 0.29) is 5.28 Å². The zero-order valence-corrected chi connectivity index (χ0v) is 13.3. The first-order valence-electron chi connectivity index (χ1n) is 7.54. The minimum absolute atomic E-state index is 0.216. The first-order valence-corrected chi connectivity index (χ1v) is 7.92. The number of fused-ring (bicyclic) bond motifs is 1. The minimum atomic E-state index is -0.490. The van der Waals surface area contributed by atoms with E-state index in [2.05, 4.69) is 19.9 Å². The monoisotopic (exact) mass is 311 g/mol. The second-order valence-corrected chi connectivity index (χ2v) is 6.68. The Labute approximate surface area is 130 Å². The second-order valence-electron chi connectivity index (χ2n) is 6.34. The van der Waals surface area contributed by atoms with Crippen LogP contribution < -0.4 is 9.80 Å². The average Bonchev–Trinajstić information content (AvgIpc) is 2.45. The third-order valence-corrected chi connectivity index (χ3v) is 4.86. The topological polar surface area (TPSA) is 65.4 Å². The molecule has 0 radical (unpaired) electrons. The lowest BCUT2D eigenvalue weighted by Crippen LogP contribution is -2.53. The van der Waals surface area contributed by atoms with Crippen LogP contribution in [-0.4, -0.2) is 52.8 Å². The molecule has 21 heavy (non-hydrogen) atoms. The summed E-state index contributed by atoms with van der Waals surface area (Å²) in [6, 6.07) is 0. The van der Waals surface area contributed by atoms with Crippen LogP contribution in [0.15, 0.2) is 0 Å². The summed E-state index contributed by atoms with van der Waals surface area (Å²) >= 11 is 6.01. The maximum atomic E-state index is 10.7. The van der Waals surface area contributed by atoms with Crippen molar-refractivity contribution in [2.75, 3.05) is 37.0 Å². The zero-order chi connectivity index (χ0) is 15.0. The Balaban J connectivity index is 1.82. The van der Waals surface area contributed by atoms with E-state index < -0.39 is 5.60 Å². The van der Waals surface area contributed by atoms with Gasteiger partial charge >= 0.3 is 0 Å². The van der Waals surface area contributed by atoms with E-state index in [1.54, 1.807) is 0 Å². The van der Waals surface area contributed by atoms with E-state index in [9.17, 15) is 5.11 Å². The summed E-state index contributed by atoms with van der Waals surface area (Å²) in [6.45, 7) is 1.56. The molecule has 0 amide bonds. The molecule has 0 aromatic carbocycles. The van der Waals surface area contributed by atoms with Gasteiger partial charge in [-0.2, -0.15) is 15.0 Å². The molecule has 2 aliphatic rings. The van der Waals surface area contributed by atoms with Crippen molar-refractivity contribution in [2.24, 2.45) is 5.92 Å². The smallest absolute Gasteiger partial charge is 0.231 e. The Hall–Kier alpha value is -1.14. The molecule has 3 rings (SSSR count). The van der Waals surface area contributed by atoms with Gasteiger partial charge in [-0.15, -0.1) is 0 Å². The van der Waals surface area contributed by atoms with Crippen molar-refractivity contribution in [1.29, 1.82) is 0 Å². The molecule has 6 nitrogen and oxygen atoms in total. The van der Waals surface area contributed by atoms with Crippen LogP contribution >= 0.6 is 11.6 Å². The Bertz CT molecular complexity index is 526. The fourth-order valence-electron chi connectivity index (χ4n) is 3.42. The van der Waals surface area contributed by atoms with E-state index in [4.69, 9.17) is 11.6 Å². The summed E-state index contributed by atoms with van der Waals surface area (Å²) in [4.78, 5) is 16.8. The third-order valence-electron chi connectivity index (χ3n) is 4.69. The fourth-order valence-corrected chi connectivity index (χ4v) is 3.57. The van der Waals surface area contributed by atoms with Gasteiger partial charge in [0.15, 0.2) is 0 Å². The van der Waals surface area contributed by atoms with Gasteiger partial charge in [0.25, 0.3) is 0 Å². The van der Waals surface area contributed by atoms with Gasteiger partial charge in [0.1, 0.15) is 0 Å². The van der Waals surface area contributed by atoms with Crippen LogP contribution in [0, 0.1) is 5.92 Å². The molecule has 2 heterocycles. The maximum Gasteiger partial charge on any atom is 0.231 e. The molecule has 1 N–H and O–H groups in total. The average molecular weight is 312 g/mol. The Morgan fingerprint density at radius 1 is 1.24 bits per heavy atom. The third kappa shape index (κ3) is 2.92. The van der Waals surface area contributed by atoms with Crippen LogP contribution in [0.5, 0.6) is 0 Å². The van der Waals surface area contributed by atoms with Crippen LogP contribution in [0.2, 0.25) is 5.28 Å². The summed E-state index contributed by atoms with van der Waals surface area (Å²) in [5, 5.41) is 11.0. The normalized spacial score (nSPS) is 29.1. The highest BCUT2D eigenvalue weighted by molar-refractivity contribution is 6.28. The number of piperidine rings is 1. The molecule has 2 unspecified atom stereocenters. The van der Waals surface area contributed by atoms with E-state index >= 15 is 0 Å². The van der Waals surface area contributed by atoms with Crippen molar-refractivity contribution in [1.82, 2.24) is 15.0 Å². The number of hydrogen-bond donors (Lipinski definition) is 1. The standard InChI is InChI=1S/C14H22ClN5O/c1-19(2)12-16-11(15)17-13(18-12)20-8-7-14(21)6-4-3-5-10(14)9-20/h10,21H,3-9H2,1-2H3. The van der Waals surface area contributed by atoms with Gasteiger partial charge < -0.3 is 14.9 Å². The highest BCUT2D eigenvalue weighted by Crippen LogP contribution is 2.40. The predicted molar refractivity (Wildman–Crippen MR) is 82.9 cm³/mol. The molecular weight excluding hydrogens is 290 g/mol. The number of anilines is 2. The van der Waals surface area contributed by atoms with Crippen molar-refractivity contribution in [2.45, 2.75) is 37.7 Å². The highest BCUT2D eigenvalue weighted by atomic mass is 35.5. The predicted octanol–water partition coefficient (Wildman–Crippen LogP) is 1.72. The first-order chi connectivity index (χ1) is 9.98. The van der Waals surface area contributed by atoms with Crippen LogP contribution in [0.3, 0.4) is 0 Å². The minimum Gasteiger partial charge on any atom is -0.389 e. The molecular formula is C14H22ClN5O. The van der Waals surface area contributed by atoms with Crippen LogP contribution in [0.4, 0.5) is 11.9 Å². The van der Waals surface area contributed by atoms with Gasteiger partial charge in [0.05, 0.1) is 5.60 Å². The van der Waals surface area contributed by atoms with Crippen LogP contribution in [-0.2, 0) is 0 Å². The van der Waals surface area contributed by atoms with Gasteiger partial charge in [-0.3, -0.25) is 0 Å². The van der Waals surface area contributed by atoms with Gasteiger partial charge in [0.2, 0.25) is 17.2 Å². The maximum absolute atomic E-state index is 10.7. The number of halogens is 1. The highest BCUT2D eigenvalue weighted by Gasteiger charge is 2.43. The van der Waals surface area contributed by atoms with E-state index in [1.165, 1.54) is 6.42 Å². The van der Waals surface area contributed by atoms with Gasteiger partial charge in [0, 0.05) is 33.1 Å². The number of nitrogens with zero attached hydrogens (tertiary/aromatic N) is 5.